The number of piperidine rings is 1. The van der Waals surface area contributed by atoms with Gasteiger partial charge in [-0.15, -0.1) is 11.3 Å². The summed E-state index contributed by atoms with van der Waals surface area (Å²) in [6.45, 7) is 2.18. The molecule has 1 aliphatic rings. The van der Waals surface area contributed by atoms with Gasteiger partial charge in [0.2, 0.25) is 0 Å². The van der Waals surface area contributed by atoms with Crippen LogP contribution in [0.5, 0.6) is 0 Å². The van der Waals surface area contributed by atoms with Gasteiger partial charge in [-0.1, -0.05) is 29.3 Å². The Hall–Kier alpha value is -1.16. The van der Waals surface area contributed by atoms with Crippen molar-refractivity contribution in [2.45, 2.75) is 12.8 Å². The van der Waals surface area contributed by atoms with Gasteiger partial charge in [0.15, 0.2) is 0 Å². The average Bonchev–Trinajstić information content (AvgIpc) is 2.90. The lowest BCUT2D eigenvalue weighted by atomic mass is 9.98. The molecule has 2 aromatic rings. The summed E-state index contributed by atoms with van der Waals surface area (Å²) >= 11 is 7.56. The third-order valence-electron chi connectivity index (χ3n) is 3.84. The minimum Gasteiger partial charge on any atom is -0.306 e. The molecule has 3 rings (SSSR count). The van der Waals surface area contributed by atoms with E-state index < -0.39 is 0 Å². The number of nitrogens with zero attached hydrogens (tertiary/aromatic N) is 1. The first kappa shape index (κ1) is 14.8. The molecule has 1 nitrogen and oxygen atoms in total. The molecule has 0 N–H and O–H groups in total. The third-order valence-corrected chi connectivity index (χ3v) is 5.15. The first-order chi connectivity index (χ1) is 10.1. The van der Waals surface area contributed by atoms with Gasteiger partial charge in [0.05, 0.1) is 5.02 Å². The van der Waals surface area contributed by atoms with Crippen molar-refractivity contribution in [1.29, 1.82) is 0 Å². The highest BCUT2D eigenvalue weighted by Gasteiger charge is 2.12. The minimum absolute atomic E-state index is 0.208. The fourth-order valence-electron chi connectivity index (χ4n) is 2.59. The van der Waals surface area contributed by atoms with Crippen LogP contribution in [0.1, 0.15) is 18.4 Å². The molecule has 4 heteroatoms. The molecule has 0 bridgehead atoms. The van der Waals surface area contributed by atoms with E-state index in [0.29, 0.717) is 5.02 Å². The Labute approximate surface area is 133 Å². The largest absolute Gasteiger partial charge is 0.306 e. The predicted octanol–water partition coefficient (Wildman–Crippen LogP) is 5.32. The highest BCUT2D eigenvalue weighted by molar-refractivity contribution is 7.14. The maximum Gasteiger partial charge on any atom is 0.123 e. The monoisotopic (exact) mass is 321 g/mol. The van der Waals surface area contributed by atoms with E-state index in [2.05, 4.69) is 18.0 Å². The van der Waals surface area contributed by atoms with Crippen molar-refractivity contribution in [3.63, 3.8) is 0 Å². The van der Waals surface area contributed by atoms with Crippen molar-refractivity contribution in [1.82, 2.24) is 4.90 Å². The number of benzene rings is 1. The van der Waals surface area contributed by atoms with Gasteiger partial charge >= 0.3 is 0 Å². The average molecular weight is 322 g/mol. The molecule has 2 heterocycles. The minimum atomic E-state index is -0.208. The summed E-state index contributed by atoms with van der Waals surface area (Å²) in [5, 5.41) is 2.59. The number of thiophene rings is 1. The van der Waals surface area contributed by atoms with Crippen LogP contribution in [0, 0.1) is 5.82 Å². The lowest BCUT2D eigenvalue weighted by Crippen LogP contribution is -2.26. The van der Waals surface area contributed by atoms with Crippen LogP contribution in [0.4, 0.5) is 4.39 Å². The van der Waals surface area contributed by atoms with Crippen molar-refractivity contribution in [2.75, 3.05) is 20.1 Å². The first-order valence-corrected chi connectivity index (χ1v) is 8.29. The van der Waals surface area contributed by atoms with Crippen molar-refractivity contribution < 1.29 is 4.39 Å². The summed E-state index contributed by atoms with van der Waals surface area (Å²) in [5.41, 5.74) is 3.44. The van der Waals surface area contributed by atoms with Crippen molar-refractivity contribution >= 4 is 29.0 Å². The van der Waals surface area contributed by atoms with E-state index in [9.17, 15) is 4.39 Å². The third kappa shape index (κ3) is 3.54. The molecule has 21 heavy (non-hydrogen) atoms. The van der Waals surface area contributed by atoms with Gasteiger partial charge in [-0.2, -0.15) is 0 Å². The predicted molar refractivity (Wildman–Crippen MR) is 89.4 cm³/mol. The Morgan fingerprint density at radius 2 is 2.00 bits per heavy atom. The van der Waals surface area contributed by atoms with Crippen LogP contribution in [0.3, 0.4) is 0 Å². The van der Waals surface area contributed by atoms with Crippen molar-refractivity contribution in [3.05, 3.63) is 51.6 Å². The van der Waals surface area contributed by atoms with Crippen molar-refractivity contribution in [3.8, 4) is 10.4 Å². The molecule has 0 aliphatic carbocycles. The number of hydrogen-bond donors (Lipinski definition) is 0. The summed E-state index contributed by atoms with van der Waals surface area (Å²) in [6, 6.07) is 6.89. The molecule has 1 aromatic carbocycles. The SMILES string of the molecule is CN1CCC(=Cc2ccc(F)cc2-c2cc(Cl)cs2)CC1. The lowest BCUT2D eigenvalue weighted by molar-refractivity contribution is 0.313. The van der Waals surface area contributed by atoms with Crippen LogP contribution in [-0.4, -0.2) is 25.0 Å². The second-order valence-electron chi connectivity index (χ2n) is 5.47. The molecule has 1 saturated heterocycles. The summed E-state index contributed by atoms with van der Waals surface area (Å²) in [4.78, 5) is 3.35. The fraction of sp³-hybridized carbons (Fsp3) is 0.294. The number of hydrogen-bond acceptors (Lipinski definition) is 2. The summed E-state index contributed by atoms with van der Waals surface area (Å²) in [6.07, 6.45) is 4.38. The van der Waals surface area contributed by atoms with E-state index in [4.69, 9.17) is 11.6 Å². The van der Waals surface area contributed by atoms with Gasteiger partial charge in [0.1, 0.15) is 5.82 Å². The number of rotatable bonds is 2. The molecular weight excluding hydrogens is 305 g/mol. The topological polar surface area (TPSA) is 3.24 Å². The normalized spacial score (nSPS) is 16.2. The van der Waals surface area contributed by atoms with Crippen LogP contribution < -0.4 is 0 Å². The van der Waals surface area contributed by atoms with Gasteiger partial charge in [0, 0.05) is 28.9 Å². The van der Waals surface area contributed by atoms with Gasteiger partial charge in [-0.05, 0) is 43.7 Å². The zero-order valence-corrected chi connectivity index (χ0v) is 13.5. The zero-order valence-electron chi connectivity index (χ0n) is 11.9. The van der Waals surface area contributed by atoms with Crippen LogP contribution in [0.25, 0.3) is 16.5 Å². The molecule has 0 amide bonds. The summed E-state index contributed by atoms with van der Waals surface area (Å²) in [5.74, 6) is -0.208. The molecule has 1 aliphatic heterocycles. The van der Waals surface area contributed by atoms with Crippen molar-refractivity contribution in [2.24, 2.45) is 0 Å². The standard InChI is InChI=1S/C17H17ClFNS/c1-20-6-4-12(5-7-20)8-13-2-3-15(19)10-16(13)17-9-14(18)11-21-17/h2-3,8-11H,4-7H2,1H3. The number of halogens is 2. The maximum atomic E-state index is 13.6. The Kier molecular flexibility index (Phi) is 4.43. The molecule has 0 radical (unpaired) electrons. The summed E-state index contributed by atoms with van der Waals surface area (Å²) in [7, 11) is 2.15. The van der Waals surface area contributed by atoms with Gasteiger partial charge in [-0.3, -0.25) is 0 Å². The van der Waals surface area contributed by atoms with Crippen LogP contribution in [0.2, 0.25) is 5.02 Å². The van der Waals surface area contributed by atoms with Crippen LogP contribution in [0.15, 0.2) is 35.2 Å². The van der Waals surface area contributed by atoms with Crippen LogP contribution in [-0.2, 0) is 0 Å². The molecule has 110 valence electrons. The Morgan fingerprint density at radius 3 is 2.67 bits per heavy atom. The fourth-order valence-corrected chi connectivity index (χ4v) is 3.71. The quantitative estimate of drug-likeness (QED) is 0.724. The highest BCUT2D eigenvalue weighted by Crippen LogP contribution is 2.34. The molecule has 0 atom stereocenters. The second kappa shape index (κ2) is 6.30. The van der Waals surface area contributed by atoms with E-state index in [-0.39, 0.29) is 5.82 Å². The molecule has 0 saturated carbocycles. The van der Waals surface area contributed by atoms with E-state index in [1.54, 1.807) is 17.4 Å². The molecule has 1 fully saturated rings. The zero-order chi connectivity index (χ0) is 14.8. The Balaban J connectivity index is 1.97. The molecular formula is C17H17ClFNS. The summed E-state index contributed by atoms with van der Waals surface area (Å²) < 4.78 is 13.6. The van der Waals surface area contributed by atoms with E-state index in [1.807, 2.05) is 17.5 Å². The van der Waals surface area contributed by atoms with Gasteiger partial charge in [-0.25, -0.2) is 4.39 Å². The van der Waals surface area contributed by atoms with Gasteiger partial charge < -0.3 is 4.90 Å². The molecule has 0 unspecified atom stereocenters. The smallest absolute Gasteiger partial charge is 0.123 e. The van der Waals surface area contributed by atoms with E-state index in [0.717, 1.165) is 41.9 Å². The maximum absolute atomic E-state index is 13.6. The first-order valence-electron chi connectivity index (χ1n) is 7.04. The van der Waals surface area contributed by atoms with Gasteiger partial charge in [0.25, 0.3) is 0 Å². The van der Waals surface area contributed by atoms with E-state index in [1.165, 1.54) is 11.6 Å². The van der Waals surface area contributed by atoms with Crippen LogP contribution >= 0.6 is 22.9 Å². The number of likely N-dealkylation sites (tertiary alicyclic amines) is 1. The lowest BCUT2D eigenvalue weighted by Gasteiger charge is -2.24. The Morgan fingerprint density at radius 1 is 1.24 bits per heavy atom. The molecule has 0 spiro atoms. The highest BCUT2D eigenvalue weighted by atomic mass is 35.5. The molecule has 1 aromatic heterocycles. The second-order valence-corrected chi connectivity index (χ2v) is 6.81. The van der Waals surface area contributed by atoms with E-state index >= 15 is 0 Å². The Bertz CT molecular complexity index is 667.